The van der Waals surface area contributed by atoms with Gasteiger partial charge in [-0.2, -0.15) is 0 Å². The number of nitrogens with zero attached hydrogens (tertiary/aromatic N) is 1. The number of likely N-dealkylation sites (tertiary alicyclic amines) is 1. The first-order valence-corrected chi connectivity index (χ1v) is 11.8. The molecule has 5 N–H and O–H groups in total. The lowest BCUT2D eigenvalue weighted by atomic mass is 9.85. The number of hydrogen-bond acceptors (Lipinski definition) is 5. The number of aliphatic hydroxyl groups excluding tert-OH is 3. The smallest absolute Gasteiger partial charge is 0.119 e. The van der Waals surface area contributed by atoms with Crippen molar-refractivity contribution in [3.8, 4) is 0 Å². The van der Waals surface area contributed by atoms with Crippen molar-refractivity contribution in [1.82, 2.24) is 9.88 Å². The lowest BCUT2D eigenvalue weighted by Gasteiger charge is -2.34. The quantitative estimate of drug-likeness (QED) is 0.469. The minimum atomic E-state index is 0.0988. The molecule has 0 bridgehead atoms. The normalized spacial score (nSPS) is 24.5. The number of nitrogens with one attached hydrogen (secondary N) is 2. The summed E-state index contributed by atoms with van der Waals surface area (Å²) in [6.07, 6.45) is 16.8. The Morgan fingerprint density at radius 1 is 1.03 bits per heavy atom. The molecule has 0 radical (unpaired) electrons. The van der Waals surface area contributed by atoms with E-state index in [1.165, 1.54) is 11.1 Å². The second-order valence-corrected chi connectivity index (χ2v) is 9.41. The van der Waals surface area contributed by atoms with Crippen LogP contribution in [0, 0.1) is 11.8 Å². The predicted octanol–water partition coefficient (Wildman–Crippen LogP) is 4.54. The molecule has 6 nitrogen and oxygen atoms in total. The highest BCUT2D eigenvalue weighted by Crippen LogP contribution is 2.38. The second-order valence-electron chi connectivity index (χ2n) is 9.41. The number of aromatic nitrogens is 1. The van der Waals surface area contributed by atoms with Crippen molar-refractivity contribution < 1.29 is 15.3 Å². The fourth-order valence-electron chi connectivity index (χ4n) is 5.30. The van der Waals surface area contributed by atoms with E-state index in [1.807, 2.05) is 24.4 Å². The molecule has 0 spiro atoms. The standard InChI is InChI=1S/C26H33N3O3/c30-16-17-7-9-29(10-8-17)15-20-11-18(5-6-24(20)31)19-12-22-23(14-28-26(22)27-13-19)21-3-1-2-4-25(21)32/h3-6,12,14,17,20,27-28,30-32H,1-2,7-11,13,15-16H2. The number of H-pyrrole nitrogens is 1. The van der Waals surface area contributed by atoms with Crippen molar-refractivity contribution in [1.29, 1.82) is 0 Å². The van der Waals surface area contributed by atoms with E-state index < -0.39 is 0 Å². The number of aromatic amines is 1. The van der Waals surface area contributed by atoms with Crippen molar-refractivity contribution in [2.45, 2.75) is 32.1 Å². The minimum absolute atomic E-state index is 0.0988. The summed E-state index contributed by atoms with van der Waals surface area (Å²) in [5, 5.41) is 33.8. The molecule has 2 aliphatic heterocycles. The van der Waals surface area contributed by atoms with E-state index in [2.05, 4.69) is 27.4 Å². The first kappa shape index (κ1) is 21.2. The van der Waals surface area contributed by atoms with Crippen LogP contribution in [-0.4, -0.2) is 58.0 Å². The minimum Gasteiger partial charge on any atom is -0.512 e. The average molecular weight is 436 g/mol. The Hall–Kier alpha value is -2.70. The number of aliphatic hydroxyl groups is 3. The van der Waals surface area contributed by atoms with Crippen molar-refractivity contribution in [3.63, 3.8) is 0 Å². The van der Waals surface area contributed by atoms with Gasteiger partial charge in [-0.05, 0) is 80.5 Å². The van der Waals surface area contributed by atoms with Crippen LogP contribution in [0.15, 0.2) is 53.2 Å². The summed E-state index contributed by atoms with van der Waals surface area (Å²) in [6, 6.07) is 0. The van der Waals surface area contributed by atoms with Gasteiger partial charge in [-0.1, -0.05) is 12.2 Å². The van der Waals surface area contributed by atoms with Gasteiger partial charge in [0.25, 0.3) is 0 Å². The van der Waals surface area contributed by atoms with E-state index in [0.29, 0.717) is 17.4 Å². The van der Waals surface area contributed by atoms with Gasteiger partial charge in [0.1, 0.15) is 11.6 Å². The Balaban J connectivity index is 1.33. The maximum absolute atomic E-state index is 10.6. The lowest BCUT2D eigenvalue weighted by molar-refractivity contribution is 0.116. The third-order valence-electron chi connectivity index (χ3n) is 7.31. The lowest BCUT2D eigenvalue weighted by Crippen LogP contribution is -2.38. The van der Waals surface area contributed by atoms with Crippen LogP contribution in [0.3, 0.4) is 0 Å². The Labute approximate surface area is 189 Å². The van der Waals surface area contributed by atoms with Crippen LogP contribution in [-0.2, 0) is 0 Å². The third-order valence-corrected chi connectivity index (χ3v) is 7.31. The number of anilines is 1. The summed E-state index contributed by atoms with van der Waals surface area (Å²) < 4.78 is 0. The molecule has 1 atom stereocenters. The Morgan fingerprint density at radius 3 is 2.62 bits per heavy atom. The molecule has 1 aromatic rings. The molecule has 1 fully saturated rings. The Kier molecular flexibility index (Phi) is 5.98. The number of rotatable bonds is 5. The highest BCUT2D eigenvalue weighted by Gasteiger charge is 2.28. The fraction of sp³-hybridized carbons (Fsp3) is 0.462. The van der Waals surface area contributed by atoms with Crippen LogP contribution in [0.2, 0.25) is 0 Å². The van der Waals surface area contributed by atoms with Gasteiger partial charge in [0.05, 0.1) is 5.76 Å². The van der Waals surface area contributed by atoms with Crippen LogP contribution in [0.5, 0.6) is 0 Å². The average Bonchev–Trinajstić information content (AvgIpc) is 3.24. The molecule has 0 amide bonds. The summed E-state index contributed by atoms with van der Waals surface area (Å²) in [5.74, 6) is 2.33. The summed E-state index contributed by atoms with van der Waals surface area (Å²) in [4.78, 5) is 5.74. The maximum atomic E-state index is 10.6. The van der Waals surface area contributed by atoms with Crippen molar-refractivity contribution in [2.75, 3.05) is 38.1 Å². The molecular formula is C26H33N3O3. The number of allylic oxidation sites excluding steroid dienone is 5. The van der Waals surface area contributed by atoms with Crippen molar-refractivity contribution >= 4 is 17.5 Å². The van der Waals surface area contributed by atoms with E-state index in [9.17, 15) is 15.3 Å². The monoisotopic (exact) mass is 435 g/mol. The summed E-state index contributed by atoms with van der Waals surface area (Å²) in [7, 11) is 0. The van der Waals surface area contributed by atoms with Crippen LogP contribution >= 0.6 is 0 Å². The van der Waals surface area contributed by atoms with Crippen LogP contribution in [0.1, 0.15) is 43.2 Å². The van der Waals surface area contributed by atoms with Crippen LogP contribution < -0.4 is 5.32 Å². The Bertz CT molecular complexity index is 1020. The second kappa shape index (κ2) is 9.04. The molecular weight excluding hydrogens is 402 g/mol. The predicted molar refractivity (Wildman–Crippen MR) is 128 cm³/mol. The van der Waals surface area contributed by atoms with Crippen molar-refractivity contribution in [3.05, 3.63) is 64.3 Å². The molecule has 170 valence electrons. The molecule has 6 heteroatoms. The molecule has 0 saturated carbocycles. The van der Waals surface area contributed by atoms with E-state index in [-0.39, 0.29) is 12.5 Å². The maximum Gasteiger partial charge on any atom is 0.119 e. The number of piperidine rings is 1. The molecule has 1 aromatic heterocycles. The molecule has 1 saturated heterocycles. The zero-order chi connectivity index (χ0) is 22.1. The molecule has 3 heterocycles. The van der Waals surface area contributed by atoms with Gasteiger partial charge < -0.3 is 30.5 Å². The van der Waals surface area contributed by atoms with Gasteiger partial charge in [-0.15, -0.1) is 0 Å². The first-order chi connectivity index (χ1) is 15.6. The van der Waals surface area contributed by atoms with Gasteiger partial charge >= 0.3 is 0 Å². The van der Waals surface area contributed by atoms with Gasteiger partial charge in [-0.25, -0.2) is 0 Å². The van der Waals surface area contributed by atoms with E-state index in [0.717, 1.165) is 80.8 Å². The SMILES string of the molecule is OCC1CCN(CC2CC(C3=Cc4c(C5=CCCC=C5O)c[nH]c4NC3)=CC=C2O)CC1. The van der Waals surface area contributed by atoms with E-state index >= 15 is 0 Å². The van der Waals surface area contributed by atoms with Crippen molar-refractivity contribution in [2.24, 2.45) is 11.8 Å². The third kappa shape index (κ3) is 4.17. The van der Waals surface area contributed by atoms with E-state index in [4.69, 9.17) is 0 Å². The summed E-state index contributed by atoms with van der Waals surface area (Å²) >= 11 is 0. The molecule has 2 aliphatic carbocycles. The first-order valence-electron chi connectivity index (χ1n) is 11.8. The number of fused-ring (bicyclic) bond motifs is 1. The van der Waals surface area contributed by atoms with Gasteiger partial charge in [0.2, 0.25) is 0 Å². The Morgan fingerprint density at radius 2 is 1.84 bits per heavy atom. The van der Waals surface area contributed by atoms with E-state index in [1.54, 1.807) is 0 Å². The molecule has 32 heavy (non-hydrogen) atoms. The highest BCUT2D eigenvalue weighted by molar-refractivity contribution is 5.88. The topological polar surface area (TPSA) is 91.8 Å². The molecule has 1 unspecified atom stereocenters. The molecule has 4 aliphatic rings. The largest absolute Gasteiger partial charge is 0.512 e. The van der Waals surface area contributed by atoms with Gasteiger partial charge in [-0.3, -0.25) is 0 Å². The molecule has 0 aromatic carbocycles. The highest BCUT2D eigenvalue weighted by atomic mass is 16.3. The summed E-state index contributed by atoms with van der Waals surface area (Å²) in [6.45, 7) is 3.85. The van der Waals surface area contributed by atoms with Gasteiger partial charge in [0, 0.05) is 48.5 Å². The zero-order valence-corrected chi connectivity index (χ0v) is 18.5. The van der Waals surface area contributed by atoms with Crippen LogP contribution in [0.4, 0.5) is 5.82 Å². The van der Waals surface area contributed by atoms with Gasteiger partial charge in [0.15, 0.2) is 0 Å². The molecule has 5 rings (SSSR count). The summed E-state index contributed by atoms with van der Waals surface area (Å²) in [5.41, 5.74) is 5.48. The fourth-order valence-corrected chi connectivity index (χ4v) is 5.30. The zero-order valence-electron chi connectivity index (χ0n) is 18.5. The van der Waals surface area contributed by atoms with Crippen LogP contribution in [0.25, 0.3) is 11.6 Å². The number of hydrogen-bond donors (Lipinski definition) is 5.